The van der Waals surface area contributed by atoms with E-state index >= 15 is 0 Å². The molecule has 0 saturated carbocycles. The zero-order valence-corrected chi connectivity index (χ0v) is 16.3. The van der Waals surface area contributed by atoms with Crippen LogP contribution >= 0.6 is 35.7 Å². The molecule has 0 aromatic carbocycles. The second-order valence-corrected chi connectivity index (χ2v) is 6.29. The van der Waals surface area contributed by atoms with Gasteiger partial charge in [-0.2, -0.15) is 11.8 Å². The van der Waals surface area contributed by atoms with Gasteiger partial charge in [-0.05, 0) is 31.6 Å². The molecule has 124 valence electrons. The Labute approximate surface area is 154 Å². The van der Waals surface area contributed by atoms with Crippen LogP contribution in [0.15, 0.2) is 23.2 Å². The predicted molar refractivity (Wildman–Crippen MR) is 105 cm³/mol. The van der Waals surface area contributed by atoms with Crippen LogP contribution < -0.4 is 15.4 Å². The number of rotatable bonds is 6. The number of pyridine rings is 1. The predicted octanol–water partition coefficient (Wildman–Crippen LogP) is 2.66. The van der Waals surface area contributed by atoms with Crippen LogP contribution in [-0.4, -0.2) is 42.1 Å². The number of methoxy groups -OCH3 is 1. The Hall–Kier alpha value is -0.700. The Morgan fingerprint density at radius 3 is 3.00 bits per heavy atom. The van der Waals surface area contributed by atoms with Gasteiger partial charge in [-0.1, -0.05) is 6.07 Å². The summed E-state index contributed by atoms with van der Waals surface area (Å²) in [5.74, 6) is 2.77. The number of nitrogens with one attached hydrogen (secondary N) is 2. The number of ether oxygens (including phenoxy) is 1. The standard InChI is InChI=1S/C15H24N4OS.HI/c1-3-16-15(18-11-13-7-5-9-21-13)17-10-12-6-4-8-14(19-12)20-2;/h4,6,8,13H,3,5,7,9-11H2,1-2H3,(H2,16,17,18);1H. The fraction of sp³-hybridized carbons (Fsp3) is 0.600. The van der Waals surface area contributed by atoms with Gasteiger partial charge in [-0.15, -0.1) is 24.0 Å². The quantitative estimate of drug-likeness (QED) is 0.408. The van der Waals surface area contributed by atoms with E-state index in [0.717, 1.165) is 24.7 Å². The minimum atomic E-state index is 0. The second-order valence-electron chi connectivity index (χ2n) is 4.88. The van der Waals surface area contributed by atoms with E-state index in [1.54, 1.807) is 7.11 Å². The lowest BCUT2D eigenvalue weighted by molar-refractivity contribution is 0.396. The van der Waals surface area contributed by atoms with Crippen molar-refractivity contribution in [2.45, 2.75) is 31.6 Å². The average Bonchev–Trinajstić information content (AvgIpc) is 3.03. The minimum Gasteiger partial charge on any atom is -0.481 e. The highest BCUT2D eigenvalue weighted by Gasteiger charge is 2.15. The maximum Gasteiger partial charge on any atom is 0.213 e. The largest absolute Gasteiger partial charge is 0.481 e. The van der Waals surface area contributed by atoms with Crippen molar-refractivity contribution >= 4 is 41.7 Å². The first-order chi connectivity index (χ1) is 10.3. The summed E-state index contributed by atoms with van der Waals surface area (Å²) < 4.78 is 5.13. The summed E-state index contributed by atoms with van der Waals surface area (Å²) in [4.78, 5) is 8.96. The average molecular weight is 436 g/mol. The van der Waals surface area contributed by atoms with Crippen LogP contribution in [0.4, 0.5) is 0 Å². The first-order valence-electron chi connectivity index (χ1n) is 7.45. The molecule has 22 heavy (non-hydrogen) atoms. The lowest BCUT2D eigenvalue weighted by Crippen LogP contribution is -2.40. The topological polar surface area (TPSA) is 58.5 Å². The van der Waals surface area contributed by atoms with E-state index in [1.807, 2.05) is 30.0 Å². The van der Waals surface area contributed by atoms with E-state index < -0.39 is 0 Å². The van der Waals surface area contributed by atoms with Gasteiger partial charge in [-0.25, -0.2) is 9.98 Å². The molecule has 1 aliphatic heterocycles. The third-order valence-electron chi connectivity index (χ3n) is 3.25. The van der Waals surface area contributed by atoms with E-state index in [2.05, 4.69) is 27.5 Å². The van der Waals surface area contributed by atoms with Crippen molar-refractivity contribution < 1.29 is 4.74 Å². The van der Waals surface area contributed by atoms with Gasteiger partial charge in [0.1, 0.15) is 0 Å². The Bertz CT molecular complexity index is 467. The van der Waals surface area contributed by atoms with Gasteiger partial charge in [-0.3, -0.25) is 0 Å². The van der Waals surface area contributed by atoms with Crippen LogP contribution in [0, 0.1) is 0 Å². The van der Waals surface area contributed by atoms with E-state index in [4.69, 9.17) is 4.74 Å². The number of hydrogen-bond donors (Lipinski definition) is 2. The van der Waals surface area contributed by atoms with Crippen LogP contribution in [0.1, 0.15) is 25.5 Å². The summed E-state index contributed by atoms with van der Waals surface area (Å²) in [5.41, 5.74) is 0.904. The Balaban J connectivity index is 0.00000242. The van der Waals surface area contributed by atoms with Crippen molar-refractivity contribution in [3.8, 4) is 5.88 Å². The number of nitrogens with zero attached hydrogens (tertiary/aromatic N) is 2. The molecule has 2 rings (SSSR count). The molecule has 0 bridgehead atoms. The summed E-state index contributed by atoms with van der Waals surface area (Å²) in [6.07, 6.45) is 2.63. The molecule has 1 unspecified atom stereocenters. The van der Waals surface area contributed by atoms with Crippen molar-refractivity contribution in [1.29, 1.82) is 0 Å². The van der Waals surface area contributed by atoms with Crippen LogP contribution in [0.2, 0.25) is 0 Å². The molecule has 1 fully saturated rings. The number of thioether (sulfide) groups is 1. The maximum atomic E-state index is 5.13. The molecule has 1 atom stereocenters. The molecule has 1 saturated heterocycles. The molecule has 1 aliphatic rings. The van der Waals surface area contributed by atoms with Crippen molar-refractivity contribution in [3.63, 3.8) is 0 Å². The molecular formula is C15H25IN4OS. The van der Waals surface area contributed by atoms with Crippen molar-refractivity contribution in [2.24, 2.45) is 4.99 Å². The summed E-state index contributed by atoms with van der Waals surface area (Å²) in [7, 11) is 1.63. The maximum absolute atomic E-state index is 5.13. The van der Waals surface area contributed by atoms with Gasteiger partial charge in [0, 0.05) is 24.4 Å². The highest BCUT2D eigenvalue weighted by atomic mass is 127. The summed E-state index contributed by atoms with van der Waals surface area (Å²) in [6.45, 7) is 4.45. The number of aliphatic imine (C=N–C) groups is 1. The fourth-order valence-electron chi connectivity index (χ4n) is 2.18. The normalized spacial score (nSPS) is 17.7. The minimum absolute atomic E-state index is 0. The molecule has 5 nitrogen and oxygen atoms in total. The molecule has 1 aromatic heterocycles. The highest BCUT2D eigenvalue weighted by molar-refractivity contribution is 14.0. The first kappa shape index (κ1) is 19.3. The number of hydrogen-bond acceptors (Lipinski definition) is 4. The van der Waals surface area contributed by atoms with Crippen LogP contribution in [0.25, 0.3) is 0 Å². The van der Waals surface area contributed by atoms with Crippen LogP contribution in [0.5, 0.6) is 5.88 Å². The molecule has 2 N–H and O–H groups in total. The summed E-state index contributed by atoms with van der Waals surface area (Å²) >= 11 is 2.05. The zero-order valence-electron chi connectivity index (χ0n) is 13.2. The number of guanidine groups is 1. The molecule has 0 spiro atoms. The zero-order chi connectivity index (χ0) is 14.9. The second kappa shape index (κ2) is 10.9. The van der Waals surface area contributed by atoms with Gasteiger partial charge in [0.15, 0.2) is 5.96 Å². The lowest BCUT2D eigenvalue weighted by atomic mass is 10.2. The van der Waals surface area contributed by atoms with Crippen LogP contribution in [0.3, 0.4) is 0 Å². The molecule has 0 aliphatic carbocycles. The van der Waals surface area contributed by atoms with E-state index in [-0.39, 0.29) is 24.0 Å². The molecule has 7 heteroatoms. The summed E-state index contributed by atoms with van der Waals surface area (Å²) in [6, 6.07) is 5.74. The van der Waals surface area contributed by atoms with Gasteiger partial charge in [0.2, 0.25) is 5.88 Å². The van der Waals surface area contributed by atoms with E-state index in [0.29, 0.717) is 17.7 Å². The van der Waals surface area contributed by atoms with Gasteiger partial charge >= 0.3 is 0 Å². The molecule has 1 aromatic rings. The molecule has 2 heterocycles. The SMILES string of the molecule is CCNC(=NCc1cccc(OC)n1)NCC1CCCS1.I. The molecular weight excluding hydrogens is 411 g/mol. The fourth-order valence-corrected chi connectivity index (χ4v) is 3.38. The lowest BCUT2D eigenvalue weighted by Gasteiger charge is -2.14. The first-order valence-corrected chi connectivity index (χ1v) is 8.50. The number of halogens is 1. The Kier molecular flexibility index (Phi) is 9.61. The van der Waals surface area contributed by atoms with Crippen molar-refractivity contribution in [1.82, 2.24) is 15.6 Å². The Morgan fingerprint density at radius 2 is 2.32 bits per heavy atom. The van der Waals surface area contributed by atoms with Gasteiger partial charge < -0.3 is 15.4 Å². The van der Waals surface area contributed by atoms with E-state index in [1.165, 1.54) is 18.6 Å². The number of aromatic nitrogens is 1. The molecule has 0 radical (unpaired) electrons. The smallest absolute Gasteiger partial charge is 0.213 e. The monoisotopic (exact) mass is 436 g/mol. The van der Waals surface area contributed by atoms with Crippen molar-refractivity contribution in [2.75, 3.05) is 26.0 Å². The molecule has 0 amide bonds. The third kappa shape index (κ3) is 6.60. The van der Waals surface area contributed by atoms with Gasteiger partial charge in [0.05, 0.1) is 19.3 Å². The highest BCUT2D eigenvalue weighted by Crippen LogP contribution is 2.25. The van der Waals surface area contributed by atoms with Gasteiger partial charge in [0.25, 0.3) is 0 Å². The third-order valence-corrected chi connectivity index (χ3v) is 4.65. The summed E-state index contributed by atoms with van der Waals surface area (Å²) in [5, 5.41) is 7.41. The Morgan fingerprint density at radius 1 is 1.45 bits per heavy atom. The van der Waals surface area contributed by atoms with E-state index in [9.17, 15) is 0 Å². The van der Waals surface area contributed by atoms with Crippen LogP contribution in [-0.2, 0) is 6.54 Å². The van der Waals surface area contributed by atoms with Crippen molar-refractivity contribution in [3.05, 3.63) is 23.9 Å².